The molecule has 1 aromatic carbocycles. The van der Waals surface area contributed by atoms with E-state index in [9.17, 15) is 13.2 Å². The number of nitrogens with one attached hydrogen (secondary N) is 2. The van der Waals surface area contributed by atoms with Crippen molar-refractivity contribution in [3.63, 3.8) is 0 Å². The van der Waals surface area contributed by atoms with E-state index >= 15 is 0 Å². The molecule has 1 aromatic rings. The Balaban J connectivity index is 2.39. The summed E-state index contributed by atoms with van der Waals surface area (Å²) < 4.78 is 29.2. The molecule has 0 unspecified atom stereocenters. The number of carbonyl (C=O) groups excluding carboxylic acids is 1. The highest BCUT2D eigenvalue weighted by atomic mass is 32.2. The zero-order valence-electron chi connectivity index (χ0n) is 20.5. The second kappa shape index (κ2) is 10.3. The summed E-state index contributed by atoms with van der Waals surface area (Å²) in [5.74, 6) is 0.321. The largest absolute Gasteiger partial charge is 0.333 e. The number of sulfonamides is 1. The van der Waals surface area contributed by atoms with Crippen LogP contribution in [0.25, 0.3) is 0 Å². The highest BCUT2D eigenvalue weighted by Gasteiger charge is 2.31. The molecule has 1 saturated carbocycles. The highest BCUT2D eigenvalue weighted by Crippen LogP contribution is 2.35. The monoisotopic (exact) mass is 451 g/mol. The van der Waals surface area contributed by atoms with Gasteiger partial charge in [0.25, 0.3) is 10.0 Å². The number of urea groups is 1. The molecule has 0 radical (unpaired) electrons. The molecule has 2 N–H and O–H groups in total. The summed E-state index contributed by atoms with van der Waals surface area (Å²) in [6, 6.07) is 3.48. The van der Waals surface area contributed by atoms with Crippen molar-refractivity contribution in [3.05, 3.63) is 28.8 Å². The van der Waals surface area contributed by atoms with Crippen LogP contribution < -0.4 is 10.0 Å². The van der Waals surface area contributed by atoms with Crippen LogP contribution in [0.2, 0.25) is 0 Å². The Bertz CT molecular complexity index is 847. The second-order valence-electron chi connectivity index (χ2n) is 9.99. The average molecular weight is 452 g/mol. The fourth-order valence-corrected chi connectivity index (χ4v) is 6.08. The van der Waals surface area contributed by atoms with Gasteiger partial charge in [-0.05, 0) is 61.4 Å². The number of benzene rings is 1. The molecular formula is C24H41N3O3S. The molecule has 1 fully saturated rings. The van der Waals surface area contributed by atoms with Crippen LogP contribution in [-0.4, -0.2) is 45.5 Å². The van der Waals surface area contributed by atoms with E-state index in [1.165, 1.54) is 0 Å². The quantitative estimate of drug-likeness (QED) is 0.617. The molecule has 0 heterocycles. The van der Waals surface area contributed by atoms with Gasteiger partial charge in [-0.25, -0.2) is 17.9 Å². The first-order chi connectivity index (χ1) is 14.3. The fourth-order valence-electron chi connectivity index (χ4n) is 4.47. The fraction of sp³-hybridized carbons (Fsp3) is 0.708. The number of hydrogen-bond acceptors (Lipinski definition) is 4. The van der Waals surface area contributed by atoms with Gasteiger partial charge < -0.3 is 10.2 Å². The maximum atomic E-state index is 13.4. The van der Waals surface area contributed by atoms with Gasteiger partial charge in [0, 0.05) is 12.1 Å². The minimum absolute atomic E-state index is 0.0160. The van der Waals surface area contributed by atoms with Crippen molar-refractivity contribution >= 4 is 16.1 Å². The third-order valence-corrected chi connectivity index (χ3v) is 7.75. The van der Waals surface area contributed by atoms with Crippen LogP contribution in [0.1, 0.15) is 102 Å². The maximum absolute atomic E-state index is 13.4. The minimum atomic E-state index is -4.02. The summed E-state index contributed by atoms with van der Waals surface area (Å²) in [7, 11) is -0.0186. The first kappa shape index (κ1) is 25.7. The average Bonchev–Trinajstić information content (AvgIpc) is 2.66. The van der Waals surface area contributed by atoms with Gasteiger partial charge in [0.15, 0.2) is 0 Å². The topological polar surface area (TPSA) is 78.5 Å². The van der Waals surface area contributed by atoms with Crippen LogP contribution in [0.5, 0.6) is 0 Å². The molecule has 1 aliphatic rings. The number of rotatable bonds is 7. The number of amides is 2. The van der Waals surface area contributed by atoms with Crippen molar-refractivity contribution in [1.82, 2.24) is 14.9 Å². The van der Waals surface area contributed by atoms with E-state index in [0.717, 1.165) is 42.4 Å². The lowest BCUT2D eigenvalue weighted by molar-refractivity contribution is 0.175. The molecule has 7 heteroatoms. The normalized spacial score (nSPS) is 20.0. The molecule has 0 saturated heterocycles. The zero-order chi connectivity index (χ0) is 23.5. The first-order valence-electron chi connectivity index (χ1n) is 11.5. The standard InChI is InChI=1S/C24H41N3O3S/c1-15(2)18-13-19(16(3)4)23(20(14-18)17(5)6)31(29,30)26-24(28)25-21-11-9-10-12-22(21)27(7)8/h13-17,21-22H,9-12H2,1-8H3,(H2,25,26,28)/t21-,22-/m1/s1. The van der Waals surface area contributed by atoms with Gasteiger partial charge in [0.1, 0.15) is 0 Å². The van der Waals surface area contributed by atoms with E-state index < -0.39 is 16.1 Å². The van der Waals surface area contributed by atoms with Crippen LogP contribution >= 0.6 is 0 Å². The zero-order valence-corrected chi connectivity index (χ0v) is 21.3. The summed E-state index contributed by atoms with van der Waals surface area (Å²) >= 11 is 0. The van der Waals surface area contributed by atoms with Crippen LogP contribution in [0.4, 0.5) is 4.79 Å². The highest BCUT2D eigenvalue weighted by molar-refractivity contribution is 7.90. The molecule has 2 rings (SSSR count). The summed E-state index contributed by atoms with van der Waals surface area (Å²) in [4.78, 5) is 15.1. The molecule has 2 atom stereocenters. The maximum Gasteiger partial charge on any atom is 0.328 e. The van der Waals surface area contributed by atoms with E-state index in [-0.39, 0.29) is 34.7 Å². The summed E-state index contributed by atoms with van der Waals surface area (Å²) in [6.07, 6.45) is 4.01. The van der Waals surface area contributed by atoms with Crippen molar-refractivity contribution in [3.8, 4) is 0 Å². The van der Waals surface area contributed by atoms with Gasteiger partial charge in [0.2, 0.25) is 0 Å². The van der Waals surface area contributed by atoms with E-state index in [2.05, 4.69) is 28.8 Å². The van der Waals surface area contributed by atoms with E-state index in [4.69, 9.17) is 0 Å². The number of likely N-dealkylation sites (N-methyl/N-ethyl adjacent to an activating group) is 1. The van der Waals surface area contributed by atoms with Gasteiger partial charge in [-0.2, -0.15) is 0 Å². The molecular weight excluding hydrogens is 410 g/mol. The molecule has 0 aliphatic heterocycles. The second-order valence-corrected chi connectivity index (χ2v) is 11.6. The van der Waals surface area contributed by atoms with E-state index in [0.29, 0.717) is 0 Å². The lowest BCUT2D eigenvalue weighted by Gasteiger charge is -2.36. The van der Waals surface area contributed by atoms with Crippen molar-refractivity contribution in [1.29, 1.82) is 0 Å². The Morgan fingerprint density at radius 1 is 0.935 bits per heavy atom. The van der Waals surface area contributed by atoms with Crippen LogP contribution in [-0.2, 0) is 10.0 Å². The predicted octanol–water partition coefficient (Wildman–Crippen LogP) is 4.92. The molecule has 176 valence electrons. The van der Waals surface area contributed by atoms with Crippen molar-refractivity contribution < 1.29 is 13.2 Å². The Kier molecular flexibility index (Phi) is 8.56. The summed E-state index contributed by atoms with van der Waals surface area (Å²) in [5, 5.41) is 2.93. The molecule has 0 spiro atoms. The Morgan fingerprint density at radius 2 is 1.45 bits per heavy atom. The SMILES string of the molecule is CC(C)c1cc(C(C)C)c(S(=O)(=O)NC(=O)N[C@@H]2CCCC[C@H]2N(C)C)c(C(C)C)c1. The Hall–Kier alpha value is -1.60. The van der Waals surface area contributed by atoms with E-state index in [1.54, 1.807) is 0 Å². The number of hydrogen-bond donors (Lipinski definition) is 2. The van der Waals surface area contributed by atoms with Crippen LogP contribution in [0.3, 0.4) is 0 Å². The van der Waals surface area contributed by atoms with E-state index in [1.807, 2.05) is 53.9 Å². The summed E-state index contributed by atoms with van der Waals surface area (Å²) in [5.41, 5.74) is 2.64. The lowest BCUT2D eigenvalue weighted by Crippen LogP contribution is -2.54. The van der Waals surface area contributed by atoms with Crippen molar-refractivity contribution in [2.24, 2.45) is 0 Å². The molecule has 2 amide bonds. The number of carbonyl (C=O) groups is 1. The van der Waals surface area contributed by atoms with Gasteiger partial charge in [0.05, 0.1) is 4.90 Å². The third-order valence-electron chi connectivity index (χ3n) is 6.28. The smallest absolute Gasteiger partial charge is 0.328 e. The van der Waals surface area contributed by atoms with Crippen LogP contribution in [0, 0.1) is 0 Å². The minimum Gasteiger partial charge on any atom is -0.333 e. The molecule has 31 heavy (non-hydrogen) atoms. The number of nitrogens with zero attached hydrogens (tertiary/aromatic N) is 1. The third kappa shape index (κ3) is 6.22. The molecule has 6 nitrogen and oxygen atoms in total. The van der Waals surface area contributed by atoms with Crippen molar-refractivity contribution in [2.75, 3.05) is 14.1 Å². The molecule has 0 aromatic heterocycles. The van der Waals surface area contributed by atoms with Gasteiger partial charge >= 0.3 is 6.03 Å². The lowest BCUT2D eigenvalue weighted by atomic mass is 9.89. The molecule has 0 bridgehead atoms. The van der Waals surface area contributed by atoms with Gasteiger partial charge in [-0.3, -0.25) is 0 Å². The van der Waals surface area contributed by atoms with Crippen LogP contribution in [0.15, 0.2) is 17.0 Å². The van der Waals surface area contributed by atoms with Gasteiger partial charge in [-0.15, -0.1) is 0 Å². The summed E-state index contributed by atoms with van der Waals surface area (Å²) in [6.45, 7) is 12.2. The van der Waals surface area contributed by atoms with Gasteiger partial charge in [-0.1, -0.05) is 66.5 Å². The van der Waals surface area contributed by atoms with Crippen molar-refractivity contribution in [2.45, 2.75) is 102 Å². The first-order valence-corrected chi connectivity index (χ1v) is 13.0. The Morgan fingerprint density at radius 3 is 1.90 bits per heavy atom. The predicted molar refractivity (Wildman–Crippen MR) is 127 cm³/mol. The Labute approximate surface area is 189 Å². The molecule has 1 aliphatic carbocycles.